The Hall–Kier alpha value is -4.25. The molecule has 0 fully saturated rings. The zero-order valence-electron chi connectivity index (χ0n) is 25.1. The molecular formula is C37H40N2O3. The Bertz CT molecular complexity index is 1610. The minimum atomic E-state index is -1.09. The molecular weight excluding hydrogens is 520 g/mol. The normalized spacial score (nSPS) is 16.3. The van der Waals surface area contributed by atoms with Gasteiger partial charge in [0.15, 0.2) is 5.60 Å². The summed E-state index contributed by atoms with van der Waals surface area (Å²) in [5.41, 5.74) is 7.50. The first kappa shape index (κ1) is 27.9. The van der Waals surface area contributed by atoms with Crippen LogP contribution in [-0.2, 0) is 16.8 Å². The van der Waals surface area contributed by atoms with E-state index < -0.39 is 5.60 Å². The van der Waals surface area contributed by atoms with Gasteiger partial charge in [0.05, 0.1) is 5.56 Å². The number of esters is 1. The summed E-state index contributed by atoms with van der Waals surface area (Å²) in [4.78, 5) is 15.7. The van der Waals surface area contributed by atoms with Crippen LogP contribution in [0.25, 0.3) is 0 Å². The topological polar surface area (TPSA) is 50.8 Å². The lowest BCUT2D eigenvalue weighted by Crippen LogP contribution is -2.33. The van der Waals surface area contributed by atoms with Crippen LogP contribution >= 0.6 is 0 Å². The van der Waals surface area contributed by atoms with Crippen LogP contribution in [0.5, 0.6) is 11.5 Å². The molecule has 4 aromatic rings. The maximum Gasteiger partial charge on any atom is 0.340 e. The van der Waals surface area contributed by atoms with Crippen molar-refractivity contribution < 1.29 is 14.3 Å². The molecule has 1 N–H and O–H groups in total. The van der Waals surface area contributed by atoms with E-state index in [9.17, 15) is 4.79 Å². The molecule has 2 heterocycles. The molecule has 0 amide bonds. The van der Waals surface area contributed by atoms with E-state index in [1.165, 1.54) is 18.4 Å². The van der Waals surface area contributed by atoms with Gasteiger partial charge in [-0.1, -0.05) is 57.0 Å². The van der Waals surface area contributed by atoms with Crippen molar-refractivity contribution in [1.29, 1.82) is 0 Å². The number of rotatable bonds is 10. The molecule has 1 spiro atoms. The maximum atomic E-state index is 13.4. The Labute approximate surface area is 249 Å². The predicted molar refractivity (Wildman–Crippen MR) is 171 cm³/mol. The predicted octanol–water partition coefficient (Wildman–Crippen LogP) is 9.28. The molecule has 216 valence electrons. The minimum Gasteiger partial charge on any atom is -0.456 e. The molecule has 2 aliphatic heterocycles. The first-order valence-electron chi connectivity index (χ1n) is 15.4. The number of hydrogen-bond donors (Lipinski definition) is 1. The highest BCUT2D eigenvalue weighted by Gasteiger charge is 2.53. The molecule has 2 aliphatic rings. The van der Waals surface area contributed by atoms with Crippen molar-refractivity contribution in [3.05, 3.63) is 112 Å². The number of ether oxygens (including phenoxy) is 2. The van der Waals surface area contributed by atoms with Crippen LogP contribution in [-0.4, -0.2) is 19.1 Å². The van der Waals surface area contributed by atoms with Gasteiger partial charge in [-0.05, 0) is 86.7 Å². The summed E-state index contributed by atoms with van der Waals surface area (Å²) in [6.07, 6.45) is 5.73. The van der Waals surface area contributed by atoms with E-state index in [2.05, 4.69) is 92.5 Å². The first-order chi connectivity index (χ1) is 20.5. The fourth-order valence-electron chi connectivity index (χ4n) is 6.25. The van der Waals surface area contributed by atoms with Gasteiger partial charge in [0.25, 0.3) is 0 Å². The molecule has 1 unspecified atom stereocenters. The van der Waals surface area contributed by atoms with Crippen LogP contribution in [0.2, 0.25) is 0 Å². The van der Waals surface area contributed by atoms with Gasteiger partial charge < -0.3 is 19.7 Å². The summed E-state index contributed by atoms with van der Waals surface area (Å²) in [7, 11) is 0. The van der Waals surface area contributed by atoms with E-state index in [0.29, 0.717) is 11.3 Å². The number of carbonyl (C=O) groups excluding carboxylic acids is 1. The van der Waals surface area contributed by atoms with E-state index >= 15 is 0 Å². The van der Waals surface area contributed by atoms with Crippen molar-refractivity contribution in [2.75, 3.05) is 23.3 Å². The fraction of sp³-hybridized carbons (Fsp3) is 0.324. The van der Waals surface area contributed by atoms with Gasteiger partial charge >= 0.3 is 5.97 Å². The third kappa shape index (κ3) is 4.81. The maximum absolute atomic E-state index is 13.4. The highest BCUT2D eigenvalue weighted by atomic mass is 16.6. The highest BCUT2D eigenvalue weighted by Crippen LogP contribution is 2.57. The number of benzene rings is 4. The third-order valence-electron chi connectivity index (χ3n) is 8.62. The molecule has 1 atom stereocenters. The molecule has 6 rings (SSSR count). The smallest absolute Gasteiger partial charge is 0.340 e. The Kier molecular flexibility index (Phi) is 7.68. The van der Waals surface area contributed by atoms with Gasteiger partial charge in [-0.3, -0.25) is 0 Å². The monoisotopic (exact) mass is 560 g/mol. The van der Waals surface area contributed by atoms with Gasteiger partial charge in [0, 0.05) is 52.9 Å². The summed E-state index contributed by atoms with van der Waals surface area (Å²) < 4.78 is 13.1. The number of aryl methyl sites for hydroxylation is 2. The number of carbonyl (C=O) groups is 1. The minimum absolute atomic E-state index is 0.315. The van der Waals surface area contributed by atoms with Crippen molar-refractivity contribution >= 4 is 23.0 Å². The van der Waals surface area contributed by atoms with Gasteiger partial charge in [-0.15, -0.1) is 0 Å². The summed E-state index contributed by atoms with van der Waals surface area (Å²) in [5.74, 6) is 1.12. The molecule has 4 aromatic carbocycles. The Morgan fingerprint density at radius 2 is 1.57 bits per heavy atom. The van der Waals surface area contributed by atoms with Gasteiger partial charge in [0.2, 0.25) is 0 Å². The molecule has 0 radical (unpaired) electrons. The number of fused-ring (bicyclic) bond motifs is 6. The summed E-state index contributed by atoms with van der Waals surface area (Å²) in [6, 6.07) is 26.9. The second kappa shape index (κ2) is 11.6. The number of hydrogen-bond acceptors (Lipinski definition) is 5. The zero-order valence-corrected chi connectivity index (χ0v) is 25.1. The van der Waals surface area contributed by atoms with Crippen molar-refractivity contribution in [3.8, 4) is 11.5 Å². The van der Waals surface area contributed by atoms with Gasteiger partial charge in [-0.2, -0.15) is 0 Å². The Morgan fingerprint density at radius 3 is 2.33 bits per heavy atom. The SMILES string of the molecule is CCCCc1ccc(Nc2cc3c(cc2C)Oc2cc(N(CC)CCCC)ccc2C32OC(=O)c3ccccc32)cc1. The lowest BCUT2D eigenvalue weighted by Gasteiger charge is -2.38. The third-order valence-corrected chi connectivity index (χ3v) is 8.62. The van der Waals surface area contributed by atoms with Crippen LogP contribution in [0.4, 0.5) is 17.1 Å². The Morgan fingerprint density at radius 1 is 0.810 bits per heavy atom. The van der Waals surface area contributed by atoms with Gasteiger partial charge in [0.1, 0.15) is 11.5 Å². The van der Waals surface area contributed by atoms with Crippen LogP contribution < -0.4 is 15.0 Å². The summed E-state index contributed by atoms with van der Waals surface area (Å²) in [5, 5.41) is 3.62. The molecule has 0 aliphatic carbocycles. The molecule has 0 saturated heterocycles. The van der Waals surface area contributed by atoms with Crippen LogP contribution in [0.1, 0.15) is 84.6 Å². The number of anilines is 3. The molecule has 5 heteroatoms. The number of nitrogens with zero attached hydrogens (tertiary/aromatic N) is 1. The second-order valence-corrected chi connectivity index (χ2v) is 11.4. The average molecular weight is 561 g/mol. The zero-order chi connectivity index (χ0) is 29.3. The lowest BCUT2D eigenvalue weighted by molar-refractivity contribution is 0.0224. The standard InChI is InChI=1S/C37H40N2O3/c1-5-8-12-26-15-17-27(18-16-26)38-33-24-32-34(22-25(33)4)41-35-23-28(39(7-3)21-9-6-2)19-20-31(35)37(32)30-14-11-10-13-29(30)36(40)42-37/h10-11,13-20,22-24,38H,5-9,12,21H2,1-4H3. The van der Waals surface area contributed by atoms with Crippen LogP contribution in [0.3, 0.4) is 0 Å². The summed E-state index contributed by atoms with van der Waals surface area (Å²) >= 11 is 0. The molecule has 42 heavy (non-hydrogen) atoms. The van der Waals surface area contributed by atoms with E-state index in [1.54, 1.807) is 0 Å². The fourth-order valence-corrected chi connectivity index (χ4v) is 6.25. The second-order valence-electron chi connectivity index (χ2n) is 11.4. The first-order valence-corrected chi connectivity index (χ1v) is 15.4. The van der Waals surface area contributed by atoms with Crippen molar-refractivity contribution in [3.63, 3.8) is 0 Å². The van der Waals surface area contributed by atoms with E-state index in [1.807, 2.05) is 24.3 Å². The largest absolute Gasteiger partial charge is 0.456 e. The van der Waals surface area contributed by atoms with Crippen LogP contribution in [0, 0.1) is 6.92 Å². The van der Waals surface area contributed by atoms with Gasteiger partial charge in [-0.25, -0.2) is 4.79 Å². The molecule has 0 saturated carbocycles. The molecule has 0 aromatic heterocycles. The Balaban J connectivity index is 1.46. The molecule has 5 nitrogen and oxygen atoms in total. The van der Waals surface area contributed by atoms with E-state index in [4.69, 9.17) is 9.47 Å². The highest BCUT2D eigenvalue weighted by molar-refractivity contribution is 5.97. The summed E-state index contributed by atoms with van der Waals surface area (Å²) in [6.45, 7) is 10.6. The van der Waals surface area contributed by atoms with Crippen molar-refractivity contribution in [2.24, 2.45) is 0 Å². The van der Waals surface area contributed by atoms with Crippen molar-refractivity contribution in [2.45, 2.75) is 65.4 Å². The average Bonchev–Trinajstić information content (AvgIpc) is 3.30. The molecule has 0 bridgehead atoms. The number of unbranched alkanes of at least 4 members (excludes halogenated alkanes) is 2. The number of nitrogens with one attached hydrogen (secondary N) is 1. The quantitative estimate of drug-likeness (QED) is 0.196. The van der Waals surface area contributed by atoms with Crippen LogP contribution in [0.15, 0.2) is 78.9 Å². The van der Waals surface area contributed by atoms with E-state index in [-0.39, 0.29) is 5.97 Å². The van der Waals surface area contributed by atoms with Crippen molar-refractivity contribution in [1.82, 2.24) is 0 Å². The van der Waals surface area contributed by atoms with E-state index in [0.717, 1.165) is 77.4 Å². The lowest BCUT2D eigenvalue weighted by atomic mass is 9.77.